The van der Waals surface area contributed by atoms with Crippen molar-refractivity contribution in [3.8, 4) is 17.0 Å². The second-order valence-corrected chi connectivity index (χ2v) is 5.66. The number of aromatic nitrogens is 1. The van der Waals surface area contributed by atoms with E-state index in [1.165, 1.54) is 41.6 Å². The Balaban J connectivity index is 2.16. The molecule has 0 amide bonds. The summed E-state index contributed by atoms with van der Waals surface area (Å²) in [6, 6.07) is 19.2. The average Bonchev–Trinajstić information content (AvgIpc) is 2.95. The molecular weight excluding hydrogens is 270 g/mol. The van der Waals surface area contributed by atoms with Crippen molar-refractivity contribution in [3.63, 3.8) is 0 Å². The number of ether oxygens (including phenoxy) is 1. The lowest BCUT2D eigenvalue weighted by Gasteiger charge is -2.10. The van der Waals surface area contributed by atoms with Crippen molar-refractivity contribution in [3.05, 3.63) is 60.3 Å². The molecule has 0 saturated carbocycles. The molecule has 3 rings (SSSR count). The van der Waals surface area contributed by atoms with Crippen LogP contribution in [0.3, 0.4) is 0 Å². The summed E-state index contributed by atoms with van der Waals surface area (Å²) in [5.74, 6) is 0.908. The Labute approximate surface area is 132 Å². The SMILES string of the molecule is CCCCCc1c(-c2ccccc2)cc2cccc(OC)n12. The number of pyridine rings is 1. The van der Waals surface area contributed by atoms with Gasteiger partial charge in [-0.3, -0.25) is 4.40 Å². The van der Waals surface area contributed by atoms with Crippen LogP contribution in [0, 0.1) is 0 Å². The number of fused-ring (bicyclic) bond motifs is 1. The summed E-state index contributed by atoms with van der Waals surface area (Å²) in [7, 11) is 1.74. The first-order valence-electron chi connectivity index (χ1n) is 8.08. The Morgan fingerprint density at radius 1 is 0.955 bits per heavy atom. The van der Waals surface area contributed by atoms with E-state index in [-0.39, 0.29) is 0 Å². The zero-order valence-corrected chi connectivity index (χ0v) is 13.4. The van der Waals surface area contributed by atoms with Crippen LogP contribution in [0.2, 0.25) is 0 Å². The molecule has 0 fully saturated rings. The van der Waals surface area contributed by atoms with E-state index in [1.807, 2.05) is 6.07 Å². The van der Waals surface area contributed by atoms with Gasteiger partial charge in [-0.1, -0.05) is 56.2 Å². The van der Waals surface area contributed by atoms with Crippen LogP contribution in [0.25, 0.3) is 16.6 Å². The zero-order valence-electron chi connectivity index (χ0n) is 13.4. The number of aryl methyl sites for hydroxylation is 1. The molecule has 1 aromatic carbocycles. The number of nitrogens with zero attached hydrogens (tertiary/aromatic N) is 1. The maximum absolute atomic E-state index is 5.59. The van der Waals surface area contributed by atoms with Crippen molar-refractivity contribution in [1.29, 1.82) is 0 Å². The average molecular weight is 293 g/mol. The smallest absolute Gasteiger partial charge is 0.197 e. The van der Waals surface area contributed by atoms with Gasteiger partial charge >= 0.3 is 0 Å². The molecule has 2 heterocycles. The molecule has 2 heteroatoms. The predicted octanol–water partition coefficient (Wildman–Crippen LogP) is 5.35. The first-order chi connectivity index (χ1) is 10.8. The van der Waals surface area contributed by atoms with E-state index in [4.69, 9.17) is 4.74 Å². The maximum Gasteiger partial charge on any atom is 0.197 e. The van der Waals surface area contributed by atoms with Gasteiger partial charge in [0.1, 0.15) is 0 Å². The van der Waals surface area contributed by atoms with Gasteiger partial charge in [-0.25, -0.2) is 0 Å². The number of methoxy groups -OCH3 is 1. The predicted molar refractivity (Wildman–Crippen MR) is 92.6 cm³/mol. The van der Waals surface area contributed by atoms with Gasteiger partial charge in [0.15, 0.2) is 5.88 Å². The molecule has 0 radical (unpaired) electrons. The van der Waals surface area contributed by atoms with Crippen molar-refractivity contribution < 1.29 is 4.74 Å². The van der Waals surface area contributed by atoms with E-state index >= 15 is 0 Å². The summed E-state index contributed by atoms with van der Waals surface area (Å²) in [4.78, 5) is 0. The third-order valence-electron chi connectivity index (χ3n) is 4.17. The molecule has 0 N–H and O–H groups in total. The minimum absolute atomic E-state index is 0.908. The van der Waals surface area contributed by atoms with Gasteiger partial charge in [0.05, 0.1) is 7.11 Å². The van der Waals surface area contributed by atoms with Crippen LogP contribution >= 0.6 is 0 Å². The van der Waals surface area contributed by atoms with Gasteiger partial charge in [-0.05, 0) is 36.6 Å². The highest BCUT2D eigenvalue weighted by Gasteiger charge is 2.14. The number of hydrogen-bond acceptors (Lipinski definition) is 1. The Hall–Kier alpha value is -2.22. The number of hydrogen-bond donors (Lipinski definition) is 0. The highest BCUT2D eigenvalue weighted by Crippen LogP contribution is 2.32. The van der Waals surface area contributed by atoms with Gasteiger partial charge in [-0.2, -0.15) is 0 Å². The van der Waals surface area contributed by atoms with Gasteiger partial charge in [0.25, 0.3) is 0 Å². The standard InChI is InChI=1S/C20H23NO/c1-3-4-6-13-19-18(16-10-7-5-8-11-16)15-17-12-9-14-20(22-2)21(17)19/h5,7-12,14-15H,3-4,6,13H2,1-2H3. The largest absolute Gasteiger partial charge is 0.482 e. The summed E-state index contributed by atoms with van der Waals surface area (Å²) in [5, 5.41) is 0. The van der Waals surface area contributed by atoms with Crippen molar-refractivity contribution in [2.75, 3.05) is 7.11 Å². The lowest BCUT2D eigenvalue weighted by atomic mass is 10.0. The molecule has 3 aromatic rings. The molecule has 114 valence electrons. The Bertz CT molecular complexity index is 743. The lowest BCUT2D eigenvalue weighted by Crippen LogP contribution is -1.99. The first kappa shape index (κ1) is 14.7. The minimum atomic E-state index is 0.908. The Kier molecular flexibility index (Phi) is 4.47. The van der Waals surface area contributed by atoms with Crippen LogP contribution in [-0.4, -0.2) is 11.5 Å². The lowest BCUT2D eigenvalue weighted by molar-refractivity contribution is 0.390. The molecule has 2 aromatic heterocycles. The topological polar surface area (TPSA) is 13.6 Å². The molecule has 2 nitrogen and oxygen atoms in total. The van der Waals surface area contributed by atoms with Gasteiger partial charge in [0.2, 0.25) is 0 Å². The molecule has 0 aliphatic carbocycles. The second kappa shape index (κ2) is 6.69. The van der Waals surface area contributed by atoms with Gasteiger partial charge < -0.3 is 4.74 Å². The van der Waals surface area contributed by atoms with Crippen molar-refractivity contribution in [2.24, 2.45) is 0 Å². The highest BCUT2D eigenvalue weighted by atomic mass is 16.5. The quantitative estimate of drug-likeness (QED) is 0.559. The monoisotopic (exact) mass is 293 g/mol. The zero-order chi connectivity index (χ0) is 15.4. The second-order valence-electron chi connectivity index (χ2n) is 5.66. The summed E-state index contributed by atoms with van der Waals surface area (Å²) < 4.78 is 7.85. The fourth-order valence-electron chi connectivity index (χ4n) is 3.07. The van der Waals surface area contributed by atoms with Crippen LogP contribution in [0.5, 0.6) is 5.88 Å². The molecular formula is C20H23NO. The van der Waals surface area contributed by atoms with Crippen molar-refractivity contribution in [2.45, 2.75) is 32.6 Å². The van der Waals surface area contributed by atoms with E-state index < -0.39 is 0 Å². The third-order valence-corrected chi connectivity index (χ3v) is 4.17. The van der Waals surface area contributed by atoms with E-state index in [1.54, 1.807) is 7.11 Å². The summed E-state index contributed by atoms with van der Waals surface area (Å²) in [6.07, 6.45) is 4.78. The molecule has 22 heavy (non-hydrogen) atoms. The van der Waals surface area contributed by atoms with Crippen LogP contribution in [0.15, 0.2) is 54.6 Å². The molecule has 0 unspecified atom stereocenters. The summed E-state index contributed by atoms with van der Waals surface area (Å²) in [6.45, 7) is 2.24. The number of rotatable bonds is 6. The highest BCUT2D eigenvalue weighted by molar-refractivity contribution is 5.74. The minimum Gasteiger partial charge on any atom is -0.482 e. The first-order valence-corrected chi connectivity index (χ1v) is 8.08. The summed E-state index contributed by atoms with van der Waals surface area (Å²) >= 11 is 0. The molecule has 0 atom stereocenters. The molecule has 0 spiro atoms. The fraction of sp³-hybridized carbons (Fsp3) is 0.300. The Morgan fingerprint density at radius 2 is 1.77 bits per heavy atom. The molecule has 0 aliphatic heterocycles. The fourth-order valence-corrected chi connectivity index (χ4v) is 3.07. The Morgan fingerprint density at radius 3 is 2.50 bits per heavy atom. The van der Waals surface area contributed by atoms with Crippen LogP contribution in [0.4, 0.5) is 0 Å². The van der Waals surface area contributed by atoms with E-state index in [2.05, 4.69) is 59.9 Å². The molecule has 0 saturated heterocycles. The molecule has 0 bridgehead atoms. The van der Waals surface area contributed by atoms with Gasteiger partial charge in [0, 0.05) is 16.8 Å². The van der Waals surface area contributed by atoms with E-state index in [0.29, 0.717) is 0 Å². The van der Waals surface area contributed by atoms with E-state index in [9.17, 15) is 0 Å². The summed E-state index contributed by atoms with van der Waals surface area (Å²) in [5.41, 5.74) is 5.15. The van der Waals surface area contributed by atoms with Crippen LogP contribution in [-0.2, 0) is 6.42 Å². The van der Waals surface area contributed by atoms with Crippen molar-refractivity contribution >= 4 is 5.52 Å². The van der Waals surface area contributed by atoms with Gasteiger partial charge in [-0.15, -0.1) is 0 Å². The van der Waals surface area contributed by atoms with E-state index in [0.717, 1.165) is 12.3 Å². The van der Waals surface area contributed by atoms with Crippen LogP contribution in [0.1, 0.15) is 31.9 Å². The molecule has 0 aliphatic rings. The van der Waals surface area contributed by atoms with Crippen molar-refractivity contribution in [1.82, 2.24) is 4.40 Å². The maximum atomic E-state index is 5.59. The normalized spacial score (nSPS) is 11.0. The van der Waals surface area contributed by atoms with Crippen LogP contribution < -0.4 is 4.74 Å². The number of benzene rings is 1. The number of unbranched alkanes of at least 4 members (excludes halogenated alkanes) is 2. The third kappa shape index (κ3) is 2.74.